The third-order valence-corrected chi connectivity index (χ3v) is 3.57. The van der Waals surface area contributed by atoms with Gasteiger partial charge in [0, 0.05) is 19.7 Å². The number of hydrogen-bond acceptors (Lipinski definition) is 4. The molecule has 0 aromatic heterocycles. The number of rotatable bonds is 4. The Hall–Kier alpha value is -2.53. The van der Waals surface area contributed by atoms with Crippen LogP contribution in [0.25, 0.3) is 0 Å². The quantitative estimate of drug-likeness (QED) is 0.690. The Morgan fingerprint density at radius 1 is 1.13 bits per heavy atom. The Labute approximate surface area is 139 Å². The van der Waals surface area contributed by atoms with Crippen LogP contribution in [0.1, 0.15) is 22.0 Å². The number of halogens is 1. The molecule has 1 amide bonds. The van der Waals surface area contributed by atoms with Crippen LogP contribution in [-0.2, 0) is 9.53 Å². The summed E-state index contributed by atoms with van der Waals surface area (Å²) in [6, 6.07) is 13.3. The molecule has 0 radical (unpaired) electrons. The van der Waals surface area contributed by atoms with E-state index < -0.39 is 12.1 Å². The molecule has 0 heterocycles. The third-order valence-electron chi connectivity index (χ3n) is 3.22. The summed E-state index contributed by atoms with van der Waals surface area (Å²) in [5, 5.41) is 0.352. The van der Waals surface area contributed by atoms with Crippen molar-refractivity contribution >= 4 is 29.2 Å². The molecule has 0 aliphatic rings. The van der Waals surface area contributed by atoms with Gasteiger partial charge in [0.2, 0.25) is 6.10 Å². The lowest BCUT2D eigenvalue weighted by molar-refractivity contribution is -0.138. The highest BCUT2D eigenvalue weighted by molar-refractivity contribution is 6.33. The Bertz CT molecular complexity index is 717. The highest BCUT2D eigenvalue weighted by Gasteiger charge is 2.27. The van der Waals surface area contributed by atoms with Gasteiger partial charge in [0.25, 0.3) is 5.91 Å². The van der Waals surface area contributed by atoms with Gasteiger partial charge in [-0.25, -0.2) is 4.79 Å². The number of nitrogen functional groups attached to an aromatic ring is 1. The van der Waals surface area contributed by atoms with Gasteiger partial charge in [-0.15, -0.1) is 0 Å². The molecule has 0 spiro atoms. The minimum atomic E-state index is -1.02. The molecule has 2 aromatic rings. The minimum Gasteiger partial charge on any atom is -0.444 e. The summed E-state index contributed by atoms with van der Waals surface area (Å²) in [6.07, 6.45) is -1.02. The molecule has 5 nitrogen and oxygen atoms in total. The van der Waals surface area contributed by atoms with Crippen LogP contribution in [0.15, 0.2) is 48.5 Å². The largest absolute Gasteiger partial charge is 0.444 e. The average Bonchev–Trinajstić information content (AvgIpc) is 2.55. The van der Waals surface area contributed by atoms with Gasteiger partial charge >= 0.3 is 5.97 Å². The van der Waals surface area contributed by atoms with Crippen LogP contribution >= 0.6 is 11.6 Å². The number of likely N-dealkylation sites (N-methyl/N-ethyl adjacent to an activating group) is 1. The predicted molar refractivity (Wildman–Crippen MR) is 89.2 cm³/mol. The van der Waals surface area contributed by atoms with E-state index in [-0.39, 0.29) is 17.2 Å². The van der Waals surface area contributed by atoms with Gasteiger partial charge in [0.05, 0.1) is 16.3 Å². The summed E-state index contributed by atoms with van der Waals surface area (Å²) >= 11 is 5.84. The van der Waals surface area contributed by atoms with E-state index in [0.29, 0.717) is 10.6 Å². The molecule has 0 saturated heterocycles. The fraction of sp³-hybridized carbons (Fsp3) is 0.176. The second-order valence-electron chi connectivity index (χ2n) is 5.16. The highest BCUT2D eigenvalue weighted by atomic mass is 35.5. The van der Waals surface area contributed by atoms with E-state index in [4.69, 9.17) is 22.1 Å². The molecule has 120 valence electrons. The molecule has 0 saturated carbocycles. The number of hydrogen-bond donors (Lipinski definition) is 1. The van der Waals surface area contributed by atoms with Gasteiger partial charge in [-0.2, -0.15) is 0 Å². The van der Waals surface area contributed by atoms with Crippen molar-refractivity contribution in [1.82, 2.24) is 4.90 Å². The molecule has 2 rings (SSSR count). The zero-order valence-electron chi connectivity index (χ0n) is 12.8. The van der Waals surface area contributed by atoms with Crippen LogP contribution in [0.5, 0.6) is 0 Å². The molecular weight excluding hydrogens is 316 g/mol. The monoisotopic (exact) mass is 332 g/mol. The van der Waals surface area contributed by atoms with Crippen molar-refractivity contribution in [3.8, 4) is 0 Å². The van der Waals surface area contributed by atoms with E-state index in [2.05, 4.69) is 0 Å². The number of nitrogens with two attached hydrogens (primary N) is 1. The van der Waals surface area contributed by atoms with Crippen LogP contribution in [0.4, 0.5) is 5.69 Å². The smallest absolute Gasteiger partial charge is 0.339 e. The van der Waals surface area contributed by atoms with Crippen LogP contribution in [0.3, 0.4) is 0 Å². The lowest BCUT2D eigenvalue weighted by atomic mass is 10.1. The summed E-state index contributed by atoms with van der Waals surface area (Å²) < 4.78 is 5.41. The zero-order valence-corrected chi connectivity index (χ0v) is 13.6. The maximum Gasteiger partial charge on any atom is 0.339 e. The van der Waals surface area contributed by atoms with Gasteiger partial charge in [0.15, 0.2) is 0 Å². The van der Waals surface area contributed by atoms with Gasteiger partial charge < -0.3 is 15.4 Å². The van der Waals surface area contributed by atoms with Crippen molar-refractivity contribution in [3.63, 3.8) is 0 Å². The highest BCUT2D eigenvalue weighted by Crippen LogP contribution is 2.24. The van der Waals surface area contributed by atoms with Crippen molar-refractivity contribution in [2.75, 3.05) is 19.8 Å². The van der Waals surface area contributed by atoms with Crippen molar-refractivity contribution in [2.24, 2.45) is 0 Å². The fourth-order valence-electron chi connectivity index (χ4n) is 1.97. The van der Waals surface area contributed by atoms with Crippen LogP contribution in [-0.4, -0.2) is 30.9 Å². The zero-order chi connectivity index (χ0) is 17.0. The molecule has 23 heavy (non-hydrogen) atoms. The molecule has 0 fully saturated rings. The second kappa shape index (κ2) is 7.15. The number of benzene rings is 2. The Morgan fingerprint density at radius 2 is 1.78 bits per heavy atom. The van der Waals surface area contributed by atoms with E-state index in [1.807, 2.05) is 6.07 Å². The first-order chi connectivity index (χ1) is 10.9. The van der Waals surface area contributed by atoms with Crippen LogP contribution < -0.4 is 5.73 Å². The molecule has 2 aromatic carbocycles. The normalized spacial score (nSPS) is 11.6. The first-order valence-corrected chi connectivity index (χ1v) is 7.30. The molecule has 6 heteroatoms. The summed E-state index contributed by atoms with van der Waals surface area (Å²) in [4.78, 5) is 26.0. The van der Waals surface area contributed by atoms with Gasteiger partial charge in [-0.05, 0) is 18.2 Å². The van der Waals surface area contributed by atoms with Crippen molar-refractivity contribution in [1.29, 1.82) is 0 Å². The first-order valence-electron chi connectivity index (χ1n) is 6.92. The maximum absolute atomic E-state index is 12.3. The van der Waals surface area contributed by atoms with E-state index >= 15 is 0 Å². The van der Waals surface area contributed by atoms with E-state index in [1.165, 1.54) is 23.1 Å². The van der Waals surface area contributed by atoms with E-state index in [0.717, 1.165) is 0 Å². The number of amides is 1. The molecule has 1 atom stereocenters. The number of esters is 1. The van der Waals surface area contributed by atoms with Crippen molar-refractivity contribution < 1.29 is 14.3 Å². The third kappa shape index (κ3) is 4.02. The Morgan fingerprint density at radius 3 is 2.35 bits per heavy atom. The summed E-state index contributed by atoms with van der Waals surface area (Å²) in [7, 11) is 3.21. The first kappa shape index (κ1) is 16.8. The minimum absolute atomic E-state index is 0.236. The second-order valence-corrected chi connectivity index (χ2v) is 5.57. The lowest BCUT2D eigenvalue weighted by Crippen LogP contribution is -2.31. The van der Waals surface area contributed by atoms with Crippen LogP contribution in [0.2, 0.25) is 5.02 Å². The number of nitrogens with zero attached hydrogens (tertiary/aromatic N) is 1. The van der Waals surface area contributed by atoms with Gasteiger partial charge in [-0.3, -0.25) is 4.79 Å². The van der Waals surface area contributed by atoms with E-state index in [1.54, 1.807) is 38.4 Å². The molecule has 0 aliphatic carbocycles. The molecule has 2 N–H and O–H groups in total. The molecular formula is C17H17ClN2O3. The molecule has 1 unspecified atom stereocenters. The van der Waals surface area contributed by atoms with Crippen molar-refractivity contribution in [3.05, 3.63) is 64.7 Å². The SMILES string of the molecule is CN(C)C(=O)C(OC(=O)c1ccc(Cl)c(N)c1)c1ccccc1. The lowest BCUT2D eigenvalue weighted by Gasteiger charge is -2.21. The van der Waals surface area contributed by atoms with Crippen LogP contribution in [0, 0.1) is 0 Å². The standard InChI is InChI=1S/C17H17ClN2O3/c1-20(2)16(21)15(11-6-4-3-5-7-11)23-17(22)12-8-9-13(18)14(19)10-12/h3-10,15H,19H2,1-2H3. The number of ether oxygens (including phenoxy) is 1. The number of carbonyl (C=O) groups excluding carboxylic acids is 2. The topological polar surface area (TPSA) is 72.6 Å². The molecule has 0 bridgehead atoms. The average molecular weight is 333 g/mol. The summed E-state index contributed by atoms with van der Waals surface area (Å²) in [5.74, 6) is -0.969. The summed E-state index contributed by atoms with van der Waals surface area (Å²) in [6.45, 7) is 0. The Balaban J connectivity index is 2.28. The Kier molecular flexibility index (Phi) is 5.24. The maximum atomic E-state index is 12.3. The van der Waals surface area contributed by atoms with Crippen molar-refractivity contribution in [2.45, 2.75) is 6.10 Å². The van der Waals surface area contributed by atoms with Gasteiger partial charge in [0.1, 0.15) is 0 Å². The van der Waals surface area contributed by atoms with Gasteiger partial charge in [-0.1, -0.05) is 41.9 Å². The molecule has 0 aliphatic heterocycles. The number of anilines is 1. The van der Waals surface area contributed by atoms with E-state index in [9.17, 15) is 9.59 Å². The number of carbonyl (C=O) groups is 2. The predicted octanol–water partition coefficient (Wildman–Crippen LogP) is 2.91. The fourth-order valence-corrected chi connectivity index (χ4v) is 2.09. The summed E-state index contributed by atoms with van der Waals surface area (Å²) in [5.41, 5.74) is 6.80.